The van der Waals surface area contributed by atoms with Crippen LogP contribution in [0.5, 0.6) is 11.5 Å². The molecule has 1 N–H and O–H groups in total. The molecule has 0 atom stereocenters. The zero-order chi connectivity index (χ0) is 18.2. The molecule has 0 aliphatic carbocycles. The Kier molecular flexibility index (Phi) is 6.94. The molecule has 0 aliphatic rings. The number of methoxy groups -OCH3 is 1. The summed E-state index contributed by atoms with van der Waals surface area (Å²) >= 11 is 1.35. The molecule has 7 heteroatoms. The predicted molar refractivity (Wildman–Crippen MR) is 100 cm³/mol. The number of unbranched alkanes of at least 4 members (excludes halogenated alkanes) is 1. The first kappa shape index (κ1) is 18.9. The zero-order valence-electron chi connectivity index (χ0n) is 15.0. The summed E-state index contributed by atoms with van der Waals surface area (Å²) in [4.78, 5) is 16.9. The number of nitrogens with one attached hydrogen (secondary N) is 1. The average Bonchev–Trinajstić information content (AvgIpc) is 2.94. The lowest BCUT2D eigenvalue weighted by atomic mass is 10.2. The van der Waals surface area contributed by atoms with Crippen molar-refractivity contribution in [2.45, 2.75) is 33.6 Å². The molecular weight excluding hydrogens is 338 g/mol. The Morgan fingerprint density at radius 1 is 1.36 bits per heavy atom. The van der Waals surface area contributed by atoms with Crippen LogP contribution in [0.25, 0.3) is 0 Å². The van der Waals surface area contributed by atoms with E-state index in [9.17, 15) is 4.79 Å². The SMILES string of the molecule is CCCCOc1ccc(/C=N/NC(=O)c2sc(C)nc2C)cc1OC. The van der Waals surface area contributed by atoms with Crippen LogP contribution in [-0.4, -0.2) is 30.8 Å². The van der Waals surface area contributed by atoms with Gasteiger partial charge in [0.1, 0.15) is 4.88 Å². The number of amides is 1. The van der Waals surface area contributed by atoms with Crippen molar-refractivity contribution in [3.8, 4) is 11.5 Å². The van der Waals surface area contributed by atoms with Gasteiger partial charge >= 0.3 is 0 Å². The molecule has 1 heterocycles. The van der Waals surface area contributed by atoms with E-state index < -0.39 is 0 Å². The van der Waals surface area contributed by atoms with E-state index in [0.717, 1.165) is 23.4 Å². The highest BCUT2D eigenvalue weighted by Gasteiger charge is 2.12. The van der Waals surface area contributed by atoms with Crippen LogP contribution in [0.1, 0.15) is 45.7 Å². The van der Waals surface area contributed by atoms with Gasteiger partial charge in [0.2, 0.25) is 0 Å². The molecule has 134 valence electrons. The van der Waals surface area contributed by atoms with Crippen molar-refractivity contribution in [2.75, 3.05) is 13.7 Å². The molecule has 2 aromatic rings. The van der Waals surface area contributed by atoms with E-state index in [-0.39, 0.29) is 5.91 Å². The van der Waals surface area contributed by atoms with Crippen LogP contribution in [0.3, 0.4) is 0 Å². The molecule has 0 spiro atoms. The van der Waals surface area contributed by atoms with Crippen LogP contribution < -0.4 is 14.9 Å². The molecule has 2 rings (SSSR count). The van der Waals surface area contributed by atoms with E-state index in [1.165, 1.54) is 11.3 Å². The third-order valence-corrected chi connectivity index (χ3v) is 4.50. The Balaban J connectivity index is 2.00. The topological polar surface area (TPSA) is 72.8 Å². The maximum absolute atomic E-state index is 12.1. The zero-order valence-corrected chi connectivity index (χ0v) is 15.8. The van der Waals surface area contributed by atoms with Gasteiger partial charge in [0.25, 0.3) is 5.91 Å². The number of aryl methyl sites for hydroxylation is 2. The van der Waals surface area contributed by atoms with Gasteiger partial charge in [-0.15, -0.1) is 11.3 Å². The van der Waals surface area contributed by atoms with Crippen molar-refractivity contribution in [3.63, 3.8) is 0 Å². The number of nitrogens with zero attached hydrogens (tertiary/aromatic N) is 2. The molecule has 0 fully saturated rings. The van der Waals surface area contributed by atoms with Gasteiger partial charge in [-0.05, 0) is 44.0 Å². The molecule has 1 amide bonds. The Bertz CT molecular complexity index is 756. The maximum Gasteiger partial charge on any atom is 0.283 e. The largest absolute Gasteiger partial charge is 0.493 e. The highest BCUT2D eigenvalue weighted by molar-refractivity contribution is 7.13. The summed E-state index contributed by atoms with van der Waals surface area (Å²) in [7, 11) is 1.60. The summed E-state index contributed by atoms with van der Waals surface area (Å²) in [5.74, 6) is 1.08. The molecule has 1 aromatic carbocycles. The van der Waals surface area contributed by atoms with Crippen LogP contribution in [0, 0.1) is 13.8 Å². The first-order chi connectivity index (χ1) is 12.0. The van der Waals surface area contributed by atoms with E-state index >= 15 is 0 Å². The van der Waals surface area contributed by atoms with E-state index in [0.29, 0.717) is 28.7 Å². The minimum Gasteiger partial charge on any atom is -0.493 e. The van der Waals surface area contributed by atoms with Crippen molar-refractivity contribution < 1.29 is 14.3 Å². The number of carbonyl (C=O) groups excluding carboxylic acids is 1. The van der Waals surface area contributed by atoms with Crippen LogP contribution in [0.15, 0.2) is 23.3 Å². The molecule has 0 aliphatic heterocycles. The molecule has 6 nitrogen and oxygen atoms in total. The number of carbonyl (C=O) groups is 1. The summed E-state index contributed by atoms with van der Waals surface area (Å²) in [6.07, 6.45) is 3.64. The van der Waals surface area contributed by atoms with Crippen molar-refractivity contribution in [1.29, 1.82) is 0 Å². The summed E-state index contributed by atoms with van der Waals surface area (Å²) in [6.45, 7) is 6.45. The van der Waals surface area contributed by atoms with Gasteiger partial charge in [0.15, 0.2) is 11.5 Å². The predicted octanol–water partition coefficient (Wildman–Crippen LogP) is 3.71. The maximum atomic E-state index is 12.1. The van der Waals surface area contributed by atoms with Gasteiger partial charge in [-0.25, -0.2) is 10.4 Å². The lowest BCUT2D eigenvalue weighted by molar-refractivity contribution is 0.0958. The molecule has 0 unspecified atom stereocenters. The highest BCUT2D eigenvalue weighted by atomic mass is 32.1. The lowest BCUT2D eigenvalue weighted by Gasteiger charge is -2.10. The number of hydrogen-bond acceptors (Lipinski definition) is 6. The minimum absolute atomic E-state index is 0.258. The minimum atomic E-state index is -0.258. The lowest BCUT2D eigenvalue weighted by Crippen LogP contribution is -2.17. The first-order valence-corrected chi connectivity index (χ1v) is 8.95. The first-order valence-electron chi connectivity index (χ1n) is 8.13. The Morgan fingerprint density at radius 2 is 2.16 bits per heavy atom. The number of thiazole rings is 1. The van der Waals surface area contributed by atoms with Gasteiger partial charge in [-0.3, -0.25) is 4.79 Å². The fraction of sp³-hybridized carbons (Fsp3) is 0.389. The van der Waals surface area contributed by atoms with Crippen molar-refractivity contribution in [1.82, 2.24) is 10.4 Å². The normalized spacial score (nSPS) is 10.9. The van der Waals surface area contributed by atoms with E-state index in [1.807, 2.05) is 32.0 Å². The van der Waals surface area contributed by atoms with Gasteiger partial charge in [0.05, 0.1) is 30.6 Å². The van der Waals surface area contributed by atoms with Crippen molar-refractivity contribution >= 4 is 23.5 Å². The third kappa shape index (κ3) is 5.29. The van der Waals surface area contributed by atoms with Gasteiger partial charge in [-0.1, -0.05) is 13.3 Å². The number of ether oxygens (including phenoxy) is 2. The fourth-order valence-corrected chi connectivity index (χ4v) is 2.98. The smallest absolute Gasteiger partial charge is 0.283 e. The van der Waals surface area contributed by atoms with E-state index in [4.69, 9.17) is 9.47 Å². The summed E-state index contributed by atoms with van der Waals surface area (Å²) in [6, 6.07) is 5.52. The van der Waals surface area contributed by atoms with Crippen molar-refractivity contribution in [3.05, 3.63) is 39.3 Å². The standard InChI is InChI=1S/C18H23N3O3S/c1-5-6-9-24-15-8-7-14(10-16(15)23-4)11-19-21-18(22)17-12(2)20-13(3)25-17/h7-8,10-11H,5-6,9H2,1-4H3,(H,21,22)/b19-11+. The van der Waals surface area contributed by atoms with Crippen LogP contribution in [0.4, 0.5) is 0 Å². The van der Waals surface area contributed by atoms with E-state index in [2.05, 4.69) is 22.4 Å². The molecular formula is C18H23N3O3S. The molecule has 0 saturated carbocycles. The molecule has 0 saturated heterocycles. The second kappa shape index (κ2) is 9.17. The fourth-order valence-electron chi connectivity index (χ4n) is 2.17. The van der Waals surface area contributed by atoms with Gasteiger partial charge in [-0.2, -0.15) is 5.10 Å². The Labute approximate surface area is 151 Å². The van der Waals surface area contributed by atoms with Crippen LogP contribution in [0.2, 0.25) is 0 Å². The number of rotatable bonds is 8. The third-order valence-electron chi connectivity index (χ3n) is 3.43. The highest BCUT2D eigenvalue weighted by Crippen LogP contribution is 2.27. The average molecular weight is 361 g/mol. The number of aromatic nitrogens is 1. The summed E-state index contributed by atoms with van der Waals surface area (Å²) < 4.78 is 11.0. The molecule has 0 bridgehead atoms. The molecule has 1 aromatic heterocycles. The van der Waals surface area contributed by atoms with Crippen molar-refractivity contribution in [2.24, 2.45) is 5.10 Å². The number of hydrazone groups is 1. The van der Waals surface area contributed by atoms with E-state index in [1.54, 1.807) is 13.3 Å². The quantitative estimate of drug-likeness (QED) is 0.442. The second-order valence-corrected chi connectivity index (χ2v) is 6.66. The monoisotopic (exact) mass is 361 g/mol. The number of hydrogen-bond donors (Lipinski definition) is 1. The number of benzene rings is 1. The van der Waals surface area contributed by atoms with Crippen LogP contribution in [-0.2, 0) is 0 Å². The Morgan fingerprint density at radius 3 is 2.80 bits per heavy atom. The molecule has 0 radical (unpaired) electrons. The summed E-state index contributed by atoms with van der Waals surface area (Å²) in [5.41, 5.74) is 4.04. The Hall–Kier alpha value is -2.41. The van der Waals surface area contributed by atoms with Gasteiger partial charge < -0.3 is 9.47 Å². The van der Waals surface area contributed by atoms with Gasteiger partial charge in [0, 0.05) is 0 Å². The van der Waals surface area contributed by atoms with Crippen LogP contribution >= 0.6 is 11.3 Å². The molecule has 25 heavy (non-hydrogen) atoms. The summed E-state index contributed by atoms with van der Waals surface area (Å²) in [5, 5.41) is 4.86. The second-order valence-electron chi connectivity index (χ2n) is 5.46.